The molecule has 178 valence electrons. The van der Waals surface area contributed by atoms with Gasteiger partial charge in [0.15, 0.2) is 22.4 Å². The molecule has 4 aromatic rings. The van der Waals surface area contributed by atoms with E-state index in [1.165, 1.54) is 11.8 Å². The number of carbonyl (C=O) groups excluding carboxylic acids is 1. The van der Waals surface area contributed by atoms with E-state index in [2.05, 4.69) is 10.2 Å². The Labute approximate surface area is 206 Å². The van der Waals surface area contributed by atoms with Crippen molar-refractivity contribution in [2.24, 2.45) is 0 Å². The zero-order chi connectivity index (χ0) is 23.6. The highest BCUT2D eigenvalue weighted by Gasteiger charge is 2.31. The minimum Gasteiger partial charge on any atom is -0.486 e. The van der Waals surface area contributed by atoms with Gasteiger partial charge in [-0.2, -0.15) is 0 Å². The summed E-state index contributed by atoms with van der Waals surface area (Å²) in [6.45, 7) is 1.84. The molecule has 1 saturated heterocycles. The molecule has 0 unspecified atom stereocenters. The van der Waals surface area contributed by atoms with Crippen molar-refractivity contribution >= 4 is 17.7 Å². The SMILES string of the molecule is O=C(CSc1nnc(-c2ccco2)n1-c1ccccc1)N1CCC[C@H]1c1ccc2c(c1)OCCO2. The summed E-state index contributed by atoms with van der Waals surface area (Å²) in [6, 6.07) is 19.6. The zero-order valence-corrected chi connectivity index (χ0v) is 19.8. The first-order chi connectivity index (χ1) is 17.3. The van der Waals surface area contributed by atoms with Crippen molar-refractivity contribution in [1.29, 1.82) is 0 Å². The lowest BCUT2D eigenvalue weighted by Gasteiger charge is -2.26. The number of amides is 1. The second-order valence-corrected chi connectivity index (χ2v) is 9.33. The van der Waals surface area contributed by atoms with Crippen LogP contribution in [0, 0.1) is 0 Å². The molecular weight excluding hydrogens is 464 g/mol. The van der Waals surface area contributed by atoms with Gasteiger partial charge in [0.2, 0.25) is 11.7 Å². The number of rotatable bonds is 6. The number of para-hydroxylation sites is 1. The molecular formula is C26H24N4O4S. The number of thioether (sulfide) groups is 1. The summed E-state index contributed by atoms with van der Waals surface area (Å²) in [5.41, 5.74) is 1.99. The predicted molar refractivity (Wildman–Crippen MR) is 131 cm³/mol. The van der Waals surface area contributed by atoms with Gasteiger partial charge < -0.3 is 18.8 Å². The summed E-state index contributed by atoms with van der Waals surface area (Å²) in [4.78, 5) is 15.3. The number of aromatic nitrogens is 3. The molecule has 2 aliphatic rings. The fourth-order valence-electron chi connectivity index (χ4n) is 4.63. The molecule has 1 amide bonds. The first kappa shape index (κ1) is 21.8. The first-order valence-corrected chi connectivity index (χ1v) is 12.6. The standard InChI is InChI=1S/C26H24N4O4S/c31-24(29-12-4-8-20(29)18-10-11-21-23(16-18)34-15-14-33-21)17-35-26-28-27-25(22-9-5-13-32-22)30(26)19-6-2-1-3-7-19/h1-3,5-7,9-11,13,16,20H,4,8,12,14-15,17H2/t20-/m0/s1. The van der Waals surface area contributed by atoms with Crippen molar-refractivity contribution in [2.75, 3.05) is 25.5 Å². The average molecular weight is 489 g/mol. The number of hydrogen-bond donors (Lipinski definition) is 0. The molecule has 2 aromatic carbocycles. The molecule has 6 rings (SSSR count). The van der Waals surface area contributed by atoms with Gasteiger partial charge in [0, 0.05) is 12.2 Å². The maximum absolute atomic E-state index is 13.3. The molecule has 0 saturated carbocycles. The van der Waals surface area contributed by atoms with Gasteiger partial charge in [-0.25, -0.2) is 0 Å². The Morgan fingerprint density at radius 2 is 1.86 bits per heavy atom. The smallest absolute Gasteiger partial charge is 0.233 e. The van der Waals surface area contributed by atoms with Crippen molar-refractivity contribution in [3.8, 4) is 28.8 Å². The first-order valence-electron chi connectivity index (χ1n) is 11.6. The molecule has 35 heavy (non-hydrogen) atoms. The van der Waals surface area contributed by atoms with Gasteiger partial charge in [0.25, 0.3) is 0 Å². The predicted octanol–water partition coefficient (Wildman–Crippen LogP) is 4.75. The van der Waals surface area contributed by atoms with E-state index in [4.69, 9.17) is 13.9 Å². The Morgan fingerprint density at radius 1 is 1.00 bits per heavy atom. The molecule has 2 aromatic heterocycles. The van der Waals surface area contributed by atoms with Gasteiger partial charge in [-0.05, 0) is 54.8 Å². The highest BCUT2D eigenvalue weighted by atomic mass is 32.2. The number of ether oxygens (including phenoxy) is 2. The van der Waals surface area contributed by atoms with Crippen molar-refractivity contribution < 1.29 is 18.7 Å². The van der Waals surface area contributed by atoms with Crippen LogP contribution in [0.3, 0.4) is 0 Å². The van der Waals surface area contributed by atoms with Gasteiger partial charge in [0.1, 0.15) is 13.2 Å². The van der Waals surface area contributed by atoms with Crippen LogP contribution in [-0.4, -0.2) is 51.1 Å². The summed E-state index contributed by atoms with van der Waals surface area (Å²) in [5, 5.41) is 9.39. The van der Waals surface area contributed by atoms with Gasteiger partial charge in [-0.15, -0.1) is 10.2 Å². The van der Waals surface area contributed by atoms with E-state index in [0.29, 0.717) is 30.0 Å². The van der Waals surface area contributed by atoms with Gasteiger partial charge in [-0.3, -0.25) is 9.36 Å². The maximum Gasteiger partial charge on any atom is 0.233 e. The van der Waals surface area contributed by atoms with Crippen molar-refractivity contribution in [1.82, 2.24) is 19.7 Å². The summed E-state index contributed by atoms with van der Waals surface area (Å²) >= 11 is 1.39. The average Bonchev–Trinajstić information content (AvgIpc) is 3.68. The molecule has 0 bridgehead atoms. The molecule has 0 radical (unpaired) electrons. The van der Waals surface area contributed by atoms with E-state index in [9.17, 15) is 4.79 Å². The van der Waals surface area contributed by atoms with Crippen LogP contribution < -0.4 is 9.47 Å². The fourth-order valence-corrected chi connectivity index (χ4v) is 5.46. The molecule has 0 spiro atoms. The lowest BCUT2D eigenvalue weighted by Crippen LogP contribution is -2.32. The Balaban J connectivity index is 1.22. The molecule has 2 aliphatic heterocycles. The molecule has 8 nitrogen and oxygen atoms in total. The van der Waals surface area contributed by atoms with E-state index in [1.807, 2.05) is 70.1 Å². The number of hydrogen-bond acceptors (Lipinski definition) is 7. The zero-order valence-electron chi connectivity index (χ0n) is 19.0. The van der Waals surface area contributed by atoms with Crippen LogP contribution >= 0.6 is 11.8 Å². The highest BCUT2D eigenvalue weighted by Crippen LogP contribution is 2.38. The number of benzene rings is 2. The molecule has 0 aliphatic carbocycles. The monoisotopic (exact) mass is 488 g/mol. The second-order valence-electron chi connectivity index (χ2n) is 8.39. The van der Waals surface area contributed by atoms with E-state index in [-0.39, 0.29) is 17.7 Å². The van der Waals surface area contributed by atoms with Gasteiger partial charge in [0.05, 0.1) is 18.1 Å². The third kappa shape index (κ3) is 4.27. The summed E-state index contributed by atoms with van der Waals surface area (Å²) in [7, 11) is 0. The molecule has 0 N–H and O–H groups in total. The van der Waals surface area contributed by atoms with E-state index in [1.54, 1.807) is 6.26 Å². The lowest BCUT2D eigenvalue weighted by atomic mass is 10.0. The van der Waals surface area contributed by atoms with Gasteiger partial charge >= 0.3 is 0 Å². The van der Waals surface area contributed by atoms with Crippen LogP contribution in [0.15, 0.2) is 76.5 Å². The Morgan fingerprint density at radius 3 is 2.69 bits per heavy atom. The maximum atomic E-state index is 13.3. The quantitative estimate of drug-likeness (QED) is 0.362. The second kappa shape index (κ2) is 9.50. The van der Waals surface area contributed by atoms with Crippen LogP contribution in [0.5, 0.6) is 11.5 Å². The molecule has 4 heterocycles. The third-order valence-corrected chi connectivity index (χ3v) is 7.15. The Bertz CT molecular complexity index is 1320. The molecule has 9 heteroatoms. The van der Waals surface area contributed by atoms with Crippen molar-refractivity contribution in [3.63, 3.8) is 0 Å². The van der Waals surface area contributed by atoms with Crippen LogP contribution in [-0.2, 0) is 4.79 Å². The van der Waals surface area contributed by atoms with E-state index >= 15 is 0 Å². The minimum atomic E-state index is 0.0320. The summed E-state index contributed by atoms with van der Waals surface area (Å²) in [5.74, 6) is 3.09. The lowest BCUT2D eigenvalue weighted by molar-refractivity contribution is -0.129. The number of furan rings is 1. The normalized spacial score (nSPS) is 17.0. The number of fused-ring (bicyclic) bond motifs is 1. The Hall–Kier alpha value is -3.72. The van der Waals surface area contributed by atoms with Gasteiger partial charge in [-0.1, -0.05) is 36.0 Å². The topological polar surface area (TPSA) is 82.6 Å². The Kier molecular flexibility index (Phi) is 5.91. The third-order valence-electron chi connectivity index (χ3n) is 6.24. The van der Waals surface area contributed by atoms with E-state index in [0.717, 1.165) is 42.1 Å². The summed E-state index contributed by atoms with van der Waals surface area (Å²) < 4.78 is 18.9. The number of likely N-dealkylation sites (tertiary alicyclic amines) is 1. The van der Waals surface area contributed by atoms with Crippen molar-refractivity contribution in [3.05, 3.63) is 72.5 Å². The molecule has 1 fully saturated rings. The number of carbonyl (C=O) groups is 1. The van der Waals surface area contributed by atoms with Crippen LogP contribution in [0.1, 0.15) is 24.4 Å². The molecule has 1 atom stereocenters. The minimum absolute atomic E-state index is 0.0320. The van der Waals surface area contributed by atoms with Crippen LogP contribution in [0.2, 0.25) is 0 Å². The van der Waals surface area contributed by atoms with Crippen molar-refractivity contribution in [2.45, 2.75) is 24.0 Å². The largest absolute Gasteiger partial charge is 0.486 e. The highest BCUT2D eigenvalue weighted by molar-refractivity contribution is 7.99. The van der Waals surface area contributed by atoms with Crippen LogP contribution in [0.25, 0.3) is 17.3 Å². The summed E-state index contributed by atoms with van der Waals surface area (Å²) in [6.07, 6.45) is 3.51. The van der Waals surface area contributed by atoms with E-state index < -0.39 is 0 Å². The number of nitrogens with zero attached hydrogens (tertiary/aromatic N) is 4. The van der Waals surface area contributed by atoms with Crippen LogP contribution in [0.4, 0.5) is 0 Å². The fraction of sp³-hybridized carbons (Fsp3) is 0.269.